The normalized spacial score (nSPS) is 11.3. The van der Waals surface area contributed by atoms with Crippen LogP contribution < -0.4 is 0 Å². The molecule has 0 radical (unpaired) electrons. The van der Waals surface area contributed by atoms with Crippen LogP contribution in [0.4, 0.5) is 0 Å². The van der Waals surface area contributed by atoms with Crippen molar-refractivity contribution in [1.29, 1.82) is 0 Å². The Balaban J connectivity index is 2.53. The van der Waals surface area contributed by atoms with Crippen LogP contribution in [-0.2, 0) is 6.42 Å². The minimum Gasteiger partial charge on any atom is -0.0612 e. The molecule has 0 aliphatic carbocycles. The summed E-state index contributed by atoms with van der Waals surface area (Å²) in [6.07, 6.45) is 1.09. The number of fused-ring (bicyclic) bond motifs is 2. The standard InChI is InChI=1S/C17H17S/c1-4-13-14-9-11(2)5-7-16(14)18-17-8-6-12(3)10-15(13)17/h5-10H,4H2,1-3H3/q+1. The van der Waals surface area contributed by atoms with Gasteiger partial charge in [0.05, 0.1) is 0 Å². The number of benzene rings is 2. The Labute approximate surface area is 112 Å². The third-order valence-corrected chi connectivity index (χ3v) is 4.65. The van der Waals surface area contributed by atoms with Crippen molar-refractivity contribution in [2.75, 3.05) is 0 Å². The second-order valence-corrected chi connectivity index (χ2v) is 6.02. The van der Waals surface area contributed by atoms with Crippen LogP contribution in [0.2, 0.25) is 0 Å². The fourth-order valence-electron chi connectivity index (χ4n) is 2.58. The molecule has 18 heavy (non-hydrogen) atoms. The average molecular weight is 253 g/mol. The van der Waals surface area contributed by atoms with Crippen LogP contribution in [0.1, 0.15) is 23.6 Å². The number of hydrogen-bond acceptors (Lipinski definition) is 0. The van der Waals surface area contributed by atoms with Gasteiger partial charge in [-0.2, -0.15) is 0 Å². The largest absolute Gasteiger partial charge is 0.239 e. The van der Waals surface area contributed by atoms with E-state index >= 15 is 0 Å². The number of rotatable bonds is 1. The van der Waals surface area contributed by atoms with Crippen molar-refractivity contribution in [3.05, 3.63) is 53.1 Å². The van der Waals surface area contributed by atoms with E-state index in [4.69, 9.17) is 0 Å². The summed E-state index contributed by atoms with van der Waals surface area (Å²) in [5.74, 6) is 0. The van der Waals surface area contributed by atoms with Gasteiger partial charge in [0.15, 0.2) is 0 Å². The van der Waals surface area contributed by atoms with Crippen molar-refractivity contribution in [2.24, 2.45) is 0 Å². The molecule has 0 amide bonds. The lowest BCUT2D eigenvalue weighted by molar-refractivity contribution is 1.18. The summed E-state index contributed by atoms with van der Waals surface area (Å²) in [5.41, 5.74) is 4.18. The molecule has 3 rings (SSSR count). The summed E-state index contributed by atoms with van der Waals surface area (Å²) >= 11 is 1.90. The van der Waals surface area contributed by atoms with Crippen LogP contribution in [0.15, 0.2) is 36.4 Å². The highest BCUT2D eigenvalue weighted by Gasteiger charge is 2.16. The molecule has 0 aliphatic rings. The van der Waals surface area contributed by atoms with E-state index in [9.17, 15) is 0 Å². The van der Waals surface area contributed by atoms with Crippen LogP contribution >= 0.6 is 11.3 Å². The molecule has 1 aromatic heterocycles. The Kier molecular flexibility index (Phi) is 2.79. The summed E-state index contributed by atoms with van der Waals surface area (Å²) in [6.45, 7) is 6.59. The first-order chi connectivity index (χ1) is 8.69. The van der Waals surface area contributed by atoms with Crippen molar-refractivity contribution < 1.29 is 0 Å². The molecular weight excluding hydrogens is 236 g/mol. The highest BCUT2D eigenvalue weighted by atomic mass is 32.1. The molecule has 0 nitrogen and oxygen atoms in total. The maximum Gasteiger partial charge on any atom is 0.239 e. The third-order valence-electron chi connectivity index (χ3n) is 3.49. The lowest BCUT2D eigenvalue weighted by Gasteiger charge is -2.04. The number of aryl methyl sites for hydroxylation is 3. The van der Waals surface area contributed by atoms with Gasteiger partial charge in [0.1, 0.15) is 0 Å². The fraction of sp³-hybridized carbons (Fsp3) is 0.235. The molecule has 0 spiro atoms. The second kappa shape index (κ2) is 4.33. The van der Waals surface area contributed by atoms with E-state index in [1.807, 2.05) is 11.3 Å². The summed E-state index contributed by atoms with van der Waals surface area (Å²) in [5, 5.41) is 2.86. The van der Waals surface area contributed by atoms with Crippen molar-refractivity contribution in [2.45, 2.75) is 27.2 Å². The quantitative estimate of drug-likeness (QED) is 0.396. The number of hydrogen-bond donors (Lipinski definition) is 0. The van der Waals surface area contributed by atoms with Gasteiger partial charge in [-0.3, -0.25) is 0 Å². The van der Waals surface area contributed by atoms with E-state index in [0.717, 1.165) is 6.42 Å². The molecule has 0 N–H and O–H groups in total. The van der Waals surface area contributed by atoms with E-state index in [1.54, 1.807) is 0 Å². The van der Waals surface area contributed by atoms with Crippen molar-refractivity contribution in [1.82, 2.24) is 0 Å². The summed E-state index contributed by atoms with van der Waals surface area (Å²) < 4.78 is 2.79. The van der Waals surface area contributed by atoms with Crippen LogP contribution in [0.5, 0.6) is 0 Å². The van der Waals surface area contributed by atoms with Crippen LogP contribution in [0.3, 0.4) is 0 Å². The second-order valence-electron chi connectivity index (χ2n) is 4.93. The summed E-state index contributed by atoms with van der Waals surface area (Å²) in [6, 6.07) is 13.6. The zero-order valence-corrected chi connectivity index (χ0v) is 11.9. The SMILES string of the molecule is CCc1c2cc(C)ccc2[s+]c2ccc(C)cc12. The molecule has 0 unspecified atom stereocenters. The molecule has 0 aliphatic heterocycles. The molecule has 3 aromatic rings. The summed E-state index contributed by atoms with van der Waals surface area (Å²) in [4.78, 5) is 0. The Morgan fingerprint density at radius 1 is 0.833 bits per heavy atom. The highest BCUT2D eigenvalue weighted by molar-refractivity contribution is 7.24. The van der Waals surface area contributed by atoms with Crippen LogP contribution in [0.25, 0.3) is 20.2 Å². The predicted molar refractivity (Wildman–Crippen MR) is 82.6 cm³/mol. The van der Waals surface area contributed by atoms with Gasteiger partial charge >= 0.3 is 0 Å². The van der Waals surface area contributed by atoms with Gasteiger partial charge in [-0.05, 0) is 38.0 Å². The Hall–Kier alpha value is -1.47. The fourth-order valence-corrected chi connectivity index (χ4v) is 3.68. The van der Waals surface area contributed by atoms with Crippen LogP contribution in [-0.4, -0.2) is 0 Å². The van der Waals surface area contributed by atoms with E-state index < -0.39 is 0 Å². The monoisotopic (exact) mass is 253 g/mol. The highest BCUT2D eigenvalue weighted by Crippen LogP contribution is 2.34. The smallest absolute Gasteiger partial charge is 0.0612 e. The Morgan fingerprint density at radius 3 is 1.78 bits per heavy atom. The lowest BCUT2D eigenvalue weighted by atomic mass is 10.0. The molecule has 0 bridgehead atoms. The van der Waals surface area contributed by atoms with Crippen LogP contribution in [0, 0.1) is 13.8 Å². The minimum absolute atomic E-state index is 1.09. The third kappa shape index (κ3) is 1.79. The van der Waals surface area contributed by atoms with Crippen molar-refractivity contribution in [3.63, 3.8) is 0 Å². The first-order valence-corrected chi connectivity index (χ1v) is 7.26. The predicted octanol–water partition coefficient (Wildman–Crippen LogP) is 5.51. The van der Waals surface area contributed by atoms with E-state index in [-0.39, 0.29) is 0 Å². The van der Waals surface area contributed by atoms with Gasteiger partial charge in [-0.25, -0.2) is 0 Å². The molecule has 1 heterocycles. The Bertz CT molecular complexity index is 681. The molecular formula is C17H17S+. The first-order valence-electron chi connectivity index (χ1n) is 6.44. The summed E-state index contributed by atoms with van der Waals surface area (Å²) in [7, 11) is 0. The van der Waals surface area contributed by atoms with Crippen molar-refractivity contribution >= 4 is 31.5 Å². The molecule has 0 fully saturated rings. The van der Waals surface area contributed by atoms with Gasteiger partial charge < -0.3 is 0 Å². The Morgan fingerprint density at radius 2 is 1.33 bits per heavy atom. The van der Waals surface area contributed by atoms with E-state index in [2.05, 4.69) is 57.2 Å². The van der Waals surface area contributed by atoms with Gasteiger partial charge in [-0.15, -0.1) is 0 Å². The lowest BCUT2D eigenvalue weighted by Crippen LogP contribution is -1.87. The molecule has 0 atom stereocenters. The van der Waals surface area contributed by atoms with Gasteiger partial charge in [0.2, 0.25) is 20.7 Å². The maximum absolute atomic E-state index is 2.33. The van der Waals surface area contributed by atoms with Gasteiger partial charge in [-0.1, -0.05) is 30.2 Å². The zero-order valence-electron chi connectivity index (χ0n) is 11.1. The molecule has 0 saturated heterocycles. The van der Waals surface area contributed by atoms with Gasteiger partial charge in [0.25, 0.3) is 0 Å². The molecule has 1 heteroatoms. The molecule has 90 valence electrons. The first kappa shape index (κ1) is 11.6. The van der Waals surface area contributed by atoms with Gasteiger partial charge in [0, 0.05) is 22.9 Å². The minimum atomic E-state index is 1.09. The topological polar surface area (TPSA) is 0 Å². The molecule has 2 aromatic carbocycles. The maximum atomic E-state index is 2.33. The zero-order chi connectivity index (χ0) is 12.7. The van der Waals surface area contributed by atoms with E-state index in [0.29, 0.717) is 0 Å². The van der Waals surface area contributed by atoms with Crippen molar-refractivity contribution in [3.8, 4) is 0 Å². The molecule has 0 saturated carbocycles. The van der Waals surface area contributed by atoms with E-state index in [1.165, 1.54) is 36.9 Å². The average Bonchev–Trinajstić information content (AvgIpc) is 2.36.